The summed E-state index contributed by atoms with van der Waals surface area (Å²) in [5.74, 6) is -0.261. The van der Waals surface area contributed by atoms with Crippen LogP contribution < -0.4 is 5.73 Å². The number of halogens is 1. The number of carbonyl (C=O) groups is 2. The van der Waals surface area contributed by atoms with E-state index in [0.29, 0.717) is 46.6 Å². The number of H-pyrrole nitrogens is 1. The molecule has 2 aliphatic heterocycles. The smallest absolute Gasteiger partial charge is 0.292 e. The Balaban J connectivity index is 1.25. The number of nitrogens with two attached hydrogens (primary N) is 1. The van der Waals surface area contributed by atoms with Crippen LogP contribution in [0.5, 0.6) is 0 Å². The van der Waals surface area contributed by atoms with Crippen molar-refractivity contribution in [2.45, 2.75) is 50.6 Å². The van der Waals surface area contributed by atoms with Crippen LogP contribution in [0.25, 0.3) is 28.0 Å². The molecule has 11 nitrogen and oxygen atoms in total. The topological polar surface area (TPSA) is 148 Å². The molecule has 1 amide bonds. The van der Waals surface area contributed by atoms with Gasteiger partial charge in [0.1, 0.15) is 18.0 Å². The Kier molecular flexibility index (Phi) is 5.84. The average Bonchev–Trinajstić information content (AvgIpc) is 3.71. The molecule has 4 aromatic heterocycles. The van der Waals surface area contributed by atoms with Gasteiger partial charge in [-0.1, -0.05) is 18.2 Å². The maximum absolute atomic E-state index is 13.7. The molecule has 0 unspecified atom stereocenters. The number of ketones is 1. The van der Waals surface area contributed by atoms with Crippen molar-refractivity contribution in [3.05, 3.63) is 78.0 Å². The number of nitrogens with one attached hydrogen (secondary N) is 1. The van der Waals surface area contributed by atoms with Crippen LogP contribution in [0.15, 0.2) is 55.1 Å². The summed E-state index contributed by atoms with van der Waals surface area (Å²) in [6, 6.07) is 9.98. The number of aromatic amines is 1. The number of rotatable bonds is 5. The predicted octanol–water partition coefficient (Wildman–Crippen LogP) is 4.05. The van der Waals surface area contributed by atoms with E-state index in [0.717, 1.165) is 18.4 Å². The molecule has 1 aromatic carbocycles. The summed E-state index contributed by atoms with van der Waals surface area (Å²) in [6.45, 7) is 1.49. The summed E-state index contributed by atoms with van der Waals surface area (Å²) in [5, 5.41) is 12.1. The number of nitrogens with zero attached hydrogens (tertiary/aromatic N) is 7. The maximum atomic E-state index is 13.7. The van der Waals surface area contributed by atoms with Crippen molar-refractivity contribution >= 4 is 23.2 Å². The fourth-order valence-corrected chi connectivity index (χ4v) is 6.43. The molecule has 0 aliphatic carbocycles. The number of carbonyl (C=O) groups excluding carboxylic acids is 2. The zero-order chi connectivity index (χ0) is 28.2. The molecule has 6 heterocycles. The largest absolute Gasteiger partial charge is 0.383 e. The van der Waals surface area contributed by atoms with E-state index in [1.54, 1.807) is 24.5 Å². The molecule has 3 N–H and O–H groups in total. The molecule has 41 heavy (non-hydrogen) atoms. The molecule has 0 radical (unpaired) electrons. The monoisotopic (exact) mass is 551 g/mol. The molecule has 0 spiro atoms. The Bertz CT molecular complexity index is 1790. The van der Waals surface area contributed by atoms with Gasteiger partial charge in [-0.15, -0.1) is 10.2 Å². The third-order valence-corrected chi connectivity index (χ3v) is 8.23. The minimum atomic E-state index is -0.328. The first kappa shape index (κ1) is 25.0. The number of hydrogen-bond donors (Lipinski definition) is 2. The number of hydrogen-bond acceptors (Lipinski definition) is 8. The van der Waals surface area contributed by atoms with E-state index in [1.807, 2.05) is 17.0 Å². The van der Waals surface area contributed by atoms with Crippen molar-refractivity contribution in [1.29, 1.82) is 0 Å². The number of nitrogen functional groups attached to an aromatic ring is 1. The molecule has 2 aliphatic rings. The quantitative estimate of drug-likeness (QED) is 0.311. The third-order valence-electron chi connectivity index (χ3n) is 8.23. The zero-order valence-electron chi connectivity index (χ0n) is 22.2. The molecule has 3 atom stereocenters. The van der Waals surface area contributed by atoms with Gasteiger partial charge in [0, 0.05) is 40.9 Å². The molecule has 0 saturated carbocycles. The predicted molar refractivity (Wildman–Crippen MR) is 147 cm³/mol. The first-order valence-corrected chi connectivity index (χ1v) is 13.5. The van der Waals surface area contributed by atoms with Crippen LogP contribution in [0.4, 0.5) is 10.2 Å². The number of aromatic nitrogens is 7. The van der Waals surface area contributed by atoms with Gasteiger partial charge in [0.25, 0.3) is 5.91 Å². The standard InChI is InChI=1S/C29H26FN9O2/c1-15(40)24-25(18-10-20-6-7-21(11-18)38(20)29(41)27-33-14-34-37-27)36-28-22(13-35-39(28)26(24)31)17-5-8-23(32-12-17)16-3-2-4-19(30)9-16/h2-5,8-9,12-14,18,20-21H,6-7,10-11,31H2,1H3,(H,33,34,37)/t18-,20-,21+. The van der Waals surface area contributed by atoms with Gasteiger partial charge in [-0.25, -0.2) is 9.37 Å². The van der Waals surface area contributed by atoms with Gasteiger partial charge in [0.05, 0.1) is 23.1 Å². The Morgan fingerprint density at radius 2 is 1.88 bits per heavy atom. The van der Waals surface area contributed by atoms with Crippen LogP contribution in [0.1, 0.15) is 65.2 Å². The molecule has 2 fully saturated rings. The molecule has 2 bridgehead atoms. The summed E-state index contributed by atoms with van der Waals surface area (Å²) in [6.07, 6.45) is 7.82. The van der Waals surface area contributed by atoms with E-state index in [9.17, 15) is 14.0 Å². The summed E-state index contributed by atoms with van der Waals surface area (Å²) in [4.78, 5) is 40.3. The van der Waals surface area contributed by atoms with Crippen molar-refractivity contribution in [3.8, 4) is 22.4 Å². The number of pyridine rings is 1. The van der Waals surface area contributed by atoms with Crippen molar-refractivity contribution in [1.82, 2.24) is 39.7 Å². The molecule has 7 rings (SSSR count). The summed E-state index contributed by atoms with van der Waals surface area (Å²) in [7, 11) is 0. The zero-order valence-corrected chi connectivity index (χ0v) is 22.2. The lowest BCUT2D eigenvalue weighted by atomic mass is 9.85. The van der Waals surface area contributed by atoms with Crippen LogP contribution in [0, 0.1) is 5.82 Å². The Hall–Kier alpha value is -5.00. The summed E-state index contributed by atoms with van der Waals surface area (Å²) in [5.41, 5.74) is 10.9. The molecule has 2 saturated heterocycles. The number of benzene rings is 1. The van der Waals surface area contributed by atoms with Gasteiger partial charge in [-0.2, -0.15) is 9.61 Å². The van der Waals surface area contributed by atoms with Crippen LogP contribution in [0.3, 0.4) is 0 Å². The lowest BCUT2D eigenvalue weighted by molar-refractivity contribution is 0.0556. The normalized spacial score (nSPS) is 20.0. The Morgan fingerprint density at radius 3 is 2.54 bits per heavy atom. The van der Waals surface area contributed by atoms with E-state index in [-0.39, 0.29) is 47.2 Å². The molecule has 12 heteroatoms. The van der Waals surface area contributed by atoms with Gasteiger partial charge in [-0.3, -0.25) is 14.6 Å². The van der Waals surface area contributed by atoms with Crippen molar-refractivity contribution in [2.75, 3.05) is 5.73 Å². The second-order valence-electron chi connectivity index (χ2n) is 10.7. The Labute approximate surface area is 233 Å². The summed E-state index contributed by atoms with van der Waals surface area (Å²) < 4.78 is 15.2. The van der Waals surface area contributed by atoms with Gasteiger partial charge in [0.2, 0.25) is 5.82 Å². The van der Waals surface area contributed by atoms with Gasteiger partial charge in [-0.05, 0) is 50.8 Å². The van der Waals surface area contributed by atoms with E-state index in [4.69, 9.17) is 10.7 Å². The first-order chi connectivity index (χ1) is 19.9. The lowest BCUT2D eigenvalue weighted by Gasteiger charge is -2.38. The number of anilines is 1. The highest BCUT2D eigenvalue weighted by atomic mass is 19.1. The highest BCUT2D eigenvalue weighted by Gasteiger charge is 2.45. The molecular weight excluding hydrogens is 525 g/mol. The van der Waals surface area contributed by atoms with Crippen molar-refractivity contribution < 1.29 is 14.0 Å². The van der Waals surface area contributed by atoms with Crippen LogP contribution >= 0.6 is 0 Å². The SMILES string of the molecule is CC(=O)c1c([C@@H]2C[C@H]3CC[C@@H](C2)N3C(=O)c2nnc[nH]2)nc2c(-c3ccc(-c4cccc(F)c4)nc3)cnn2c1N. The number of amides is 1. The number of fused-ring (bicyclic) bond motifs is 3. The fourth-order valence-electron chi connectivity index (χ4n) is 6.43. The van der Waals surface area contributed by atoms with E-state index >= 15 is 0 Å². The van der Waals surface area contributed by atoms with E-state index in [1.165, 1.54) is 29.9 Å². The minimum absolute atomic E-state index is 0.000595. The van der Waals surface area contributed by atoms with Gasteiger partial charge >= 0.3 is 0 Å². The van der Waals surface area contributed by atoms with Crippen LogP contribution in [-0.4, -0.2) is 63.4 Å². The van der Waals surface area contributed by atoms with Gasteiger partial charge < -0.3 is 15.6 Å². The number of piperidine rings is 1. The summed E-state index contributed by atoms with van der Waals surface area (Å²) >= 11 is 0. The second-order valence-corrected chi connectivity index (χ2v) is 10.7. The highest BCUT2D eigenvalue weighted by molar-refractivity contribution is 6.00. The van der Waals surface area contributed by atoms with Gasteiger partial charge in [0.15, 0.2) is 11.4 Å². The Morgan fingerprint density at radius 1 is 1.07 bits per heavy atom. The third kappa shape index (κ3) is 4.14. The van der Waals surface area contributed by atoms with Crippen molar-refractivity contribution in [3.63, 3.8) is 0 Å². The average molecular weight is 552 g/mol. The second kappa shape index (κ2) is 9.58. The number of Topliss-reactive ketones (excluding diaryl/α,β-unsaturated/α-hetero) is 1. The maximum Gasteiger partial charge on any atom is 0.292 e. The lowest BCUT2D eigenvalue weighted by Crippen LogP contribution is -2.46. The highest BCUT2D eigenvalue weighted by Crippen LogP contribution is 2.45. The van der Waals surface area contributed by atoms with E-state index in [2.05, 4.69) is 25.3 Å². The first-order valence-electron chi connectivity index (χ1n) is 13.5. The minimum Gasteiger partial charge on any atom is -0.383 e. The van der Waals surface area contributed by atoms with E-state index < -0.39 is 0 Å². The van der Waals surface area contributed by atoms with Crippen molar-refractivity contribution in [2.24, 2.45) is 0 Å². The fraction of sp³-hybridized carbons (Fsp3) is 0.276. The molecular formula is C29H26FN9O2. The van der Waals surface area contributed by atoms with Crippen LogP contribution in [-0.2, 0) is 0 Å². The molecule has 206 valence electrons. The molecule has 5 aromatic rings. The van der Waals surface area contributed by atoms with Crippen LogP contribution in [0.2, 0.25) is 0 Å².